The van der Waals surface area contributed by atoms with E-state index in [-0.39, 0.29) is 5.88 Å². The van der Waals surface area contributed by atoms with E-state index >= 15 is 0 Å². The summed E-state index contributed by atoms with van der Waals surface area (Å²) >= 11 is 0. The summed E-state index contributed by atoms with van der Waals surface area (Å²) in [6.45, 7) is 6.62. The Kier molecular flexibility index (Phi) is 7.14. The first-order valence-electron chi connectivity index (χ1n) is 11.3. The minimum atomic E-state index is -4.43. The van der Waals surface area contributed by atoms with Crippen LogP contribution < -0.4 is 20.8 Å². The molecule has 1 aromatic carbocycles. The number of nitrogens with one attached hydrogen (secondary N) is 1. The molecular weight excluding hydrogens is 455 g/mol. The highest BCUT2D eigenvalue weighted by Gasteiger charge is 2.30. The van der Waals surface area contributed by atoms with E-state index in [4.69, 9.17) is 4.74 Å². The SMILES string of the molecule is CC1=c2c(NCCc3cc(C)c(Oc4ccc(C(F)(F)F)cn4)cc3C)ncnc2=NC=CCC1. The summed E-state index contributed by atoms with van der Waals surface area (Å²) in [6, 6.07) is 6.10. The lowest BCUT2D eigenvalue weighted by Gasteiger charge is -2.14. The molecule has 0 fully saturated rings. The third-order valence-corrected chi connectivity index (χ3v) is 5.84. The predicted octanol–water partition coefficient (Wildman–Crippen LogP) is 5.05. The van der Waals surface area contributed by atoms with Crippen molar-refractivity contribution in [3.63, 3.8) is 0 Å². The monoisotopic (exact) mass is 481 g/mol. The Labute approximate surface area is 201 Å². The molecule has 0 atom stereocenters. The van der Waals surface area contributed by atoms with Crippen molar-refractivity contribution in [1.82, 2.24) is 15.0 Å². The molecule has 0 aliphatic carbocycles. The van der Waals surface area contributed by atoms with Gasteiger partial charge in [-0.3, -0.25) is 0 Å². The van der Waals surface area contributed by atoms with Crippen molar-refractivity contribution >= 4 is 11.4 Å². The number of halogens is 3. The highest BCUT2D eigenvalue weighted by molar-refractivity contribution is 5.51. The largest absolute Gasteiger partial charge is 0.439 e. The minimum Gasteiger partial charge on any atom is -0.439 e. The van der Waals surface area contributed by atoms with Gasteiger partial charge < -0.3 is 10.1 Å². The van der Waals surface area contributed by atoms with Gasteiger partial charge in [-0.2, -0.15) is 13.2 Å². The molecule has 1 aliphatic heterocycles. The van der Waals surface area contributed by atoms with Gasteiger partial charge in [-0.25, -0.2) is 19.9 Å². The van der Waals surface area contributed by atoms with Crippen LogP contribution in [-0.4, -0.2) is 21.5 Å². The van der Waals surface area contributed by atoms with E-state index in [2.05, 4.69) is 32.2 Å². The van der Waals surface area contributed by atoms with Crippen LogP contribution in [0.4, 0.5) is 19.0 Å². The molecule has 1 N–H and O–H groups in total. The molecule has 0 radical (unpaired) electrons. The molecule has 1 aliphatic rings. The van der Waals surface area contributed by atoms with Gasteiger partial charge in [0.25, 0.3) is 0 Å². The van der Waals surface area contributed by atoms with Crippen LogP contribution in [0.25, 0.3) is 5.57 Å². The van der Waals surface area contributed by atoms with Gasteiger partial charge in [-0.15, -0.1) is 0 Å². The third-order valence-electron chi connectivity index (χ3n) is 5.84. The van der Waals surface area contributed by atoms with Gasteiger partial charge in [-0.05, 0) is 68.9 Å². The maximum Gasteiger partial charge on any atom is 0.417 e. The van der Waals surface area contributed by atoms with Crippen LogP contribution in [0.1, 0.15) is 42.0 Å². The summed E-state index contributed by atoms with van der Waals surface area (Å²) in [5.74, 6) is 1.44. The number of ether oxygens (including phenoxy) is 1. The first kappa shape index (κ1) is 24.4. The quantitative estimate of drug-likeness (QED) is 0.533. The summed E-state index contributed by atoms with van der Waals surface area (Å²) in [6.07, 6.45) is 4.29. The molecule has 4 rings (SSSR count). The average molecular weight is 482 g/mol. The Morgan fingerprint density at radius 1 is 1.03 bits per heavy atom. The number of aryl methyl sites for hydroxylation is 2. The van der Waals surface area contributed by atoms with Gasteiger partial charge in [0.15, 0.2) is 5.49 Å². The zero-order valence-electron chi connectivity index (χ0n) is 19.8. The summed E-state index contributed by atoms with van der Waals surface area (Å²) in [4.78, 5) is 17.0. The molecule has 0 saturated heterocycles. The predicted molar refractivity (Wildman–Crippen MR) is 128 cm³/mol. The van der Waals surface area contributed by atoms with Crippen molar-refractivity contribution in [2.75, 3.05) is 11.9 Å². The van der Waals surface area contributed by atoms with Gasteiger partial charge >= 0.3 is 6.18 Å². The molecule has 0 unspecified atom stereocenters. The van der Waals surface area contributed by atoms with Crippen LogP contribution >= 0.6 is 0 Å². The van der Waals surface area contributed by atoms with E-state index in [0.29, 0.717) is 17.8 Å². The van der Waals surface area contributed by atoms with Crippen LogP contribution in [0.3, 0.4) is 0 Å². The van der Waals surface area contributed by atoms with Gasteiger partial charge in [-0.1, -0.05) is 17.7 Å². The highest BCUT2D eigenvalue weighted by Crippen LogP contribution is 2.31. The van der Waals surface area contributed by atoms with Crippen LogP contribution in [0.5, 0.6) is 11.6 Å². The minimum absolute atomic E-state index is 0.113. The number of benzene rings is 1. The molecule has 6 nitrogen and oxygen atoms in total. The van der Waals surface area contributed by atoms with E-state index in [1.807, 2.05) is 32.1 Å². The second-order valence-electron chi connectivity index (χ2n) is 8.46. The first-order valence-corrected chi connectivity index (χ1v) is 11.3. The average Bonchev–Trinajstić information content (AvgIpc) is 2.80. The Bertz CT molecular complexity index is 1370. The lowest BCUT2D eigenvalue weighted by Crippen LogP contribution is -2.34. The summed E-state index contributed by atoms with van der Waals surface area (Å²) in [7, 11) is 0. The van der Waals surface area contributed by atoms with Crippen LogP contribution in [0, 0.1) is 13.8 Å². The normalized spacial score (nSPS) is 13.5. The number of hydrogen-bond donors (Lipinski definition) is 1. The van der Waals surface area contributed by atoms with E-state index in [1.54, 1.807) is 6.20 Å². The second kappa shape index (κ2) is 10.2. The van der Waals surface area contributed by atoms with Crippen molar-refractivity contribution in [2.24, 2.45) is 4.99 Å². The molecule has 0 amide bonds. The molecule has 9 heteroatoms. The molecule has 2 aromatic heterocycles. The number of fused-ring (bicyclic) bond motifs is 1. The topological polar surface area (TPSA) is 72.3 Å². The van der Waals surface area contributed by atoms with E-state index in [1.165, 1.54) is 18.0 Å². The van der Waals surface area contributed by atoms with E-state index in [9.17, 15) is 13.2 Å². The molecule has 182 valence electrons. The van der Waals surface area contributed by atoms with Crippen LogP contribution in [0.2, 0.25) is 0 Å². The third kappa shape index (κ3) is 5.85. The maximum absolute atomic E-state index is 12.8. The molecule has 3 heterocycles. The molecular formula is C26H26F3N5O. The zero-order chi connectivity index (χ0) is 25.0. The van der Waals surface area contributed by atoms with E-state index < -0.39 is 11.7 Å². The lowest BCUT2D eigenvalue weighted by molar-refractivity contribution is -0.137. The Balaban J connectivity index is 1.47. The Hall–Kier alpha value is -3.75. The van der Waals surface area contributed by atoms with Crippen molar-refractivity contribution in [3.05, 3.63) is 82.0 Å². The highest BCUT2D eigenvalue weighted by atomic mass is 19.4. The summed E-state index contributed by atoms with van der Waals surface area (Å²) in [5, 5.41) is 4.39. The summed E-state index contributed by atoms with van der Waals surface area (Å²) < 4.78 is 44.0. The molecule has 0 saturated carbocycles. The van der Waals surface area contributed by atoms with Crippen molar-refractivity contribution < 1.29 is 17.9 Å². The fourth-order valence-electron chi connectivity index (χ4n) is 3.89. The molecule has 0 bridgehead atoms. The molecule has 3 aromatic rings. The number of nitrogens with zero attached hydrogens (tertiary/aromatic N) is 4. The second-order valence-corrected chi connectivity index (χ2v) is 8.46. The van der Waals surface area contributed by atoms with Gasteiger partial charge in [0.05, 0.1) is 10.8 Å². The number of allylic oxidation sites excluding steroid dienone is 1. The fraction of sp³-hybridized carbons (Fsp3) is 0.308. The number of anilines is 1. The smallest absolute Gasteiger partial charge is 0.417 e. The first-order chi connectivity index (χ1) is 16.7. The van der Waals surface area contributed by atoms with Gasteiger partial charge in [0, 0.05) is 25.0 Å². The van der Waals surface area contributed by atoms with Gasteiger partial charge in [0.2, 0.25) is 5.88 Å². The van der Waals surface area contributed by atoms with E-state index in [0.717, 1.165) is 59.3 Å². The van der Waals surface area contributed by atoms with Gasteiger partial charge in [0.1, 0.15) is 17.9 Å². The van der Waals surface area contributed by atoms with Crippen molar-refractivity contribution in [2.45, 2.75) is 46.2 Å². The summed E-state index contributed by atoms with van der Waals surface area (Å²) in [5.41, 5.74) is 4.07. The molecule has 0 spiro atoms. The van der Waals surface area contributed by atoms with Crippen molar-refractivity contribution in [1.29, 1.82) is 0 Å². The lowest BCUT2D eigenvalue weighted by atomic mass is 10.0. The van der Waals surface area contributed by atoms with Crippen LogP contribution in [-0.2, 0) is 12.6 Å². The zero-order valence-corrected chi connectivity index (χ0v) is 19.8. The number of alkyl halides is 3. The Morgan fingerprint density at radius 2 is 1.86 bits per heavy atom. The number of hydrogen-bond acceptors (Lipinski definition) is 6. The Morgan fingerprint density at radius 3 is 2.60 bits per heavy atom. The molecule has 35 heavy (non-hydrogen) atoms. The number of rotatable bonds is 6. The number of pyridine rings is 1. The maximum atomic E-state index is 12.8. The standard InChI is InChI=1S/C26H26F3N5O/c1-16-6-4-5-10-30-24-23(16)25(34-15-33-24)31-11-9-19-12-18(3)21(13-17(19)2)35-22-8-7-20(14-32-22)26(27,28)29/h5,7-8,10,12-15H,4,6,9,11H2,1-3H3,(H,30,31,33,34). The number of aromatic nitrogens is 3. The van der Waals surface area contributed by atoms with Crippen LogP contribution in [0.15, 0.2) is 54.1 Å². The van der Waals surface area contributed by atoms with Crippen molar-refractivity contribution in [3.8, 4) is 11.6 Å². The fourth-order valence-corrected chi connectivity index (χ4v) is 3.89.